The maximum atomic E-state index is 12.0. The SMILES string of the molecule is C/C(=C\C(=O)c1ccccc1)c1ccc(Cl)cc1. The number of hydrogen-bond acceptors (Lipinski definition) is 1. The fourth-order valence-corrected chi connectivity index (χ4v) is 1.80. The summed E-state index contributed by atoms with van der Waals surface area (Å²) in [6.45, 7) is 1.92. The van der Waals surface area contributed by atoms with Crippen molar-refractivity contribution < 1.29 is 4.79 Å². The molecule has 0 aliphatic heterocycles. The van der Waals surface area contributed by atoms with Gasteiger partial charge in [-0.25, -0.2) is 0 Å². The van der Waals surface area contributed by atoms with Crippen LogP contribution in [-0.4, -0.2) is 5.78 Å². The van der Waals surface area contributed by atoms with Gasteiger partial charge in [0.25, 0.3) is 0 Å². The number of carbonyl (C=O) groups excluding carboxylic acids is 1. The third-order valence-corrected chi connectivity index (χ3v) is 2.96. The maximum absolute atomic E-state index is 12.0. The highest BCUT2D eigenvalue weighted by molar-refractivity contribution is 6.30. The highest BCUT2D eigenvalue weighted by atomic mass is 35.5. The molecule has 0 fully saturated rings. The number of halogens is 1. The van der Waals surface area contributed by atoms with Crippen molar-refractivity contribution in [3.05, 3.63) is 76.8 Å². The molecule has 18 heavy (non-hydrogen) atoms. The molecule has 0 saturated heterocycles. The van der Waals surface area contributed by atoms with E-state index in [1.807, 2.05) is 61.5 Å². The lowest BCUT2D eigenvalue weighted by molar-refractivity contribution is 0.104. The fourth-order valence-electron chi connectivity index (χ4n) is 1.68. The van der Waals surface area contributed by atoms with E-state index >= 15 is 0 Å². The van der Waals surface area contributed by atoms with Crippen LogP contribution in [0.1, 0.15) is 22.8 Å². The molecule has 90 valence electrons. The Morgan fingerprint density at radius 3 is 2.17 bits per heavy atom. The predicted molar refractivity (Wildman–Crippen MR) is 75.9 cm³/mol. The van der Waals surface area contributed by atoms with Gasteiger partial charge in [-0.15, -0.1) is 0 Å². The molecule has 0 aromatic heterocycles. The highest BCUT2D eigenvalue weighted by Gasteiger charge is 2.03. The van der Waals surface area contributed by atoms with Gasteiger partial charge in [0, 0.05) is 10.6 Å². The van der Waals surface area contributed by atoms with Gasteiger partial charge in [-0.05, 0) is 36.3 Å². The lowest BCUT2D eigenvalue weighted by Crippen LogP contribution is -1.94. The molecule has 0 aliphatic carbocycles. The van der Waals surface area contributed by atoms with Gasteiger partial charge < -0.3 is 0 Å². The van der Waals surface area contributed by atoms with Crippen molar-refractivity contribution >= 4 is 23.0 Å². The van der Waals surface area contributed by atoms with Crippen molar-refractivity contribution in [1.29, 1.82) is 0 Å². The van der Waals surface area contributed by atoms with Crippen molar-refractivity contribution in [2.75, 3.05) is 0 Å². The van der Waals surface area contributed by atoms with Gasteiger partial charge in [-0.3, -0.25) is 4.79 Å². The Morgan fingerprint density at radius 1 is 0.944 bits per heavy atom. The summed E-state index contributed by atoms with van der Waals surface area (Å²) in [5, 5.41) is 0.695. The molecule has 0 bridgehead atoms. The highest BCUT2D eigenvalue weighted by Crippen LogP contribution is 2.17. The Morgan fingerprint density at radius 2 is 1.56 bits per heavy atom. The third kappa shape index (κ3) is 3.08. The van der Waals surface area contributed by atoms with Crippen LogP contribution in [0.25, 0.3) is 5.57 Å². The molecule has 2 aromatic rings. The molecule has 0 N–H and O–H groups in total. The molecule has 0 aliphatic rings. The second kappa shape index (κ2) is 5.65. The van der Waals surface area contributed by atoms with Crippen LogP contribution >= 0.6 is 11.6 Å². The van der Waals surface area contributed by atoms with Crippen LogP contribution in [0.3, 0.4) is 0 Å². The van der Waals surface area contributed by atoms with E-state index in [1.165, 1.54) is 0 Å². The first-order valence-electron chi connectivity index (χ1n) is 5.70. The van der Waals surface area contributed by atoms with E-state index in [0.29, 0.717) is 10.6 Å². The van der Waals surface area contributed by atoms with Crippen molar-refractivity contribution in [3.63, 3.8) is 0 Å². The maximum Gasteiger partial charge on any atom is 0.186 e. The minimum absolute atomic E-state index is 0.0167. The molecule has 0 radical (unpaired) electrons. The van der Waals surface area contributed by atoms with E-state index < -0.39 is 0 Å². The summed E-state index contributed by atoms with van der Waals surface area (Å²) >= 11 is 5.83. The fraction of sp³-hybridized carbons (Fsp3) is 0.0625. The molecule has 0 amide bonds. The van der Waals surface area contributed by atoms with Crippen molar-refractivity contribution in [2.24, 2.45) is 0 Å². The molecule has 2 rings (SSSR count). The second-order valence-corrected chi connectivity index (χ2v) is 4.50. The van der Waals surface area contributed by atoms with Crippen molar-refractivity contribution in [2.45, 2.75) is 6.92 Å². The van der Waals surface area contributed by atoms with Crippen LogP contribution in [0, 0.1) is 0 Å². The molecule has 2 aromatic carbocycles. The minimum Gasteiger partial charge on any atom is -0.289 e. The van der Waals surface area contributed by atoms with Gasteiger partial charge in [0.05, 0.1) is 0 Å². The topological polar surface area (TPSA) is 17.1 Å². The van der Waals surface area contributed by atoms with Crippen LogP contribution in [0.4, 0.5) is 0 Å². The first kappa shape index (κ1) is 12.6. The monoisotopic (exact) mass is 256 g/mol. The summed E-state index contributed by atoms with van der Waals surface area (Å²) in [6, 6.07) is 16.7. The standard InChI is InChI=1S/C16H13ClO/c1-12(13-7-9-15(17)10-8-13)11-16(18)14-5-3-2-4-6-14/h2-11H,1H3/b12-11+. The Kier molecular flexibility index (Phi) is 3.96. The average molecular weight is 257 g/mol. The zero-order valence-electron chi connectivity index (χ0n) is 10.1. The van der Waals surface area contributed by atoms with Gasteiger partial charge >= 0.3 is 0 Å². The summed E-state index contributed by atoms with van der Waals surface area (Å²) in [5.41, 5.74) is 2.63. The zero-order valence-corrected chi connectivity index (χ0v) is 10.8. The van der Waals surface area contributed by atoms with Crippen LogP contribution in [-0.2, 0) is 0 Å². The lowest BCUT2D eigenvalue weighted by Gasteiger charge is -2.02. The van der Waals surface area contributed by atoms with Gasteiger partial charge in [0.1, 0.15) is 0 Å². The minimum atomic E-state index is 0.0167. The molecular weight excluding hydrogens is 244 g/mol. The van der Waals surface area contributed by atoms with E-state index in [9.17, 15) is 4.79 Å². The number of hydrogen-bond donors (Lipinski definition) is 0. The smallest absolute Gasteiger partial charge is 0.186 e. The van der Waals surface area contributed by atoms with E-state index in [4.69, 9.17) is 11.6 Å². The number of ketones is 1. The first-order chi connectivity index (χ1) is 8.66. The predicted octanol–water partition coefficient (Wildman–Crippen LogP) is 4.63. The summed E-state index contributed by atoms with van der Waals surface area (Å²) in [4.78, 5) is 12.0. The third-order valence-electron chi connectivity index (χ3n) is 2.71. The van der Waals surface area contributed by atoms with Gasteiger partial charge in [-0.1, -0.05) is 54.1 Å². The number of benzene rings is 2. The molecule has 0 spiro atoms. The molecule has 1 nitrogen and oxygen atoms in total. The lowest BCUT2D eigenvalue weighted by atomic mass is 10.0. The summed E-state index contributed by atoms with van der Waals surface area (Å²) in [7, 11) is 0. The van der Waals surface area contributed by atoms with E-state index in [0.717, 1.165) is 11.1 Å². The molecule has 0 unspecified atom stereocenters. The van der Waals surface area contributed by atoms with Gasteiger partial charge in [-0.2, -0.15) is 0 Å². The van der Waals surface area contributed by atoms with Gasteiger partial charge in [0.15, 0.2) is 5.78 Å². The molecule has 0 atom stereocenters. The number of carbonyl (C=O) groups is 1. The normalized spacial score (nSPS) is 11.3. The van der Waals surface area contributed by atoms with Crippen LogP contribution in [0.15, 0.2) is 60.7 Å². The molecule has 2 heteroatoms. The van der Waals surface area contributed by atoms with Crippen molar-refractivity contribution in [1.82, 2.24) is 0 Å². The van der Waals surface area contributed by atoms with Crippen LogP contribution in [0.5, 0.6) is 0 Å². The molecule has 0 saturated carbocycles. The summed E-state index contributed by atoms with van der Waals surface area (Å²) < 4.78 is 0. The van der Waals surface area contributed by atoms with Crippen molar-refractivity contribution in [3.8, 4) is 0 Å². The summed E-state index contributed by atoms with van der Waals surface area (Å²) in [6.07, 6.45) is 1.65. The zero-order chi connectivity index (χ0) is 13.0. The number of rotatable bonds is 3. The second-order valence-electron chi connectivity index (χ2n) is 4.06. The quantitative estimate of drug-likeness (QED) is 0.578. The summed E-state index contributed by atoms with van der Waals surface area (Å²) in [5.74, 6) is 0.0167. The Hall–Kier alpha value is -1.86. The first-order valence-corrected chi connectivity index (χ1v) is 6.08. The Balaban J connectivity index is 2.23. The van der Waals surface area contributed by atoms with E-state index in [-0.39, 0.29) is 5.78 Å². The molecule has 0 heterocycles. The van der Waals surface area contributed by atoms with Gasteiger partial charge in [0.2, 0.25) is 0 Å². The Bertz CT molecular complexity index is 568. The van der Waals surface area contributed by atoms with E-state index in [2.05, 4.69) is 0 Å². The van der Waals surface area contributed by atoms with Crippen LogP contribution in [0.2, 0.25) is 5.02 Å². The van der Waals surface area contributed by atoms with E-state index in [1.54, 1.807) is 6.08 Å². The number of allylic oxidation sites excluding steroid dienone is 2. The van der Waals surface area contributed by atoms with Crippen LogP contribution < -0.4 is 0 Å². The largest absolute Gasteiger partial charge is 0.289 e. The average Bonchev–Trinajstić information content (AvgIpc) is 2.40. The Labute approximate surface area is 112 Å². The molecular formula is C16H13ClO.